The number of likely N-dealkylation sites (tertiary alicyclic amines) is 1. The molecule has 1 fully saturated rings. The van der Waals surface area contributed by atoms with Gasteiger partial charge in [-0.2, -0.15) is 0 Å². The number of nitrogens with zero attached hydrogens (tertiary/aromatic N) is 2. The molecule has 1 aliphatic heterocycles. The van der Waals surface area contributed by atoms with Crippen molar-refractivity contribution >= 4 is 0 Å². The third-order valence-electron chi connectivity index (χ3n) is 4.30. The van der Waals surface area contributed by atoms with Crippen LogP contribution in [-0.4, -0.2) is 16.6 Å². The molecule has 0 bridgehead atoms. The van der Waals surface area contributed by atoms with Crippen molar-refractivity contribution in [2.75, 3.05) is 6.54 Å². The Hall–Kier alpha value is -1.61. The number of aryl methyl sites for hydroxylation is 3. The van der Waals surface area contributed by atoms with E-state index in [0.29, 0.717) is 6.04 Å². The number of rotatable bonds is 3. The average Bonchev–Trinajstić information content (AvgIpc) is 3.03. The third-order valence-corrected chi connectivity index (χ3v) is 4.30. The molecule has 20 heavy (non-hydrogen) atoms. The summed E-state index contributed by atoms with van der Waals surface area (Å²) in [5, 5.41) is 4.03. The van der Waals surface area contributed by atoms with Gasteiger partial charge in [-0.1, -0.05) is 23.4 Å². The first-order valence-corrected chi connectivity index (χ1v) is 7.37. The molecule has 0 unspecified atom stereocenters. The summed E-state index contributed by atoms with van der Waals surface area (Å²) in [6.45, 7) is 8.45. The Morgan fingerprint density at radius 3 is 2.75 bits per heavy atom. The van der Waals surface area contributed by atoms with E-state index in [9.17, 15) is 0 Å². The highest BCUT2D eigenvalue weighted by molar-refractivity contribution is 5.30. The average molecular weight is 270 g/mol. The standard InChI is InChI=1S/C17H22N2O/c1-12-6-7-15(9-13(12)2)11-19-8-4-5-16(19)17-10-14(3)18-20-17/h6-7,9-10,16H,4-5,8,11H2,1-3H3/t16-/m1/s1. The molecule has 1 aromatic carbocycles. The number of benzene rings is 1. The van der Waals surface area contributed by atoms with Gasteiger partial charge in [-0.25, -0.2) is 0 Å². The maximum atomic E-state index is 5.47. The summed E-state index contributed by atoms with van der Waals surface area (Å²) in [6.07, 6.45) is 2.40. The zero-order valence-corrected chi connectivity index (χ0v) is 12.5. The van der Waals surface area contributed by atoms with E-state index in [1.54, 1.807) is 0 Å². The van der Waals surface area contributed by atoms with Crippen LogP contribution >= 0.6 is 0 Å². The van der Waals surface area contributed by atoms with Crippen molar-refractivity contribution < 1.29 is 4.52 Å². The fourth-order valence-corrected chi connectivity index (χ4v) is 3.01. The summed E-state index contributed by atoms with van der Waals surface area (Å²) in [7, 11) is 0. The van der Waals surface area contributed by atoms with Gasteiger partial charge in [0.05, 0.1) is 11.7 Å². The molecule has 1 aromatic heterocycles. The van der Waals surface area contributed by atoms with Crippen LogP contribution in [0.2, 0.25) is 0 Å². The first kappa shape index (κ1) is 13.4. The second kappa shape index (κ2) is 5.41. The molecule has 0 saturated carbocycles. The van der Waals surface area contributed by atoms with E-state index in [1.165, 1.54) is 29.5 Å². The zero-order valence-electron chi connectivity index (χ0n) is 12.5. The topological polar surface area (TPSA) is 29.3 Å². The third kappa shape index (κ3) is 2.63. The fraction of sp³-hybridized carbons (Fsp3) is 0.471. The molecule has 2 aromatic rings. The van der Waals surface area contributed by atoms with Gasteiger partial charge in [0.15, 0.2) is 5.76 Å². The highest BCUT2D eigenvalue weighted by Gasteiger charge is 2.28. The smallest absolute Gasteiger partial charge is 0.154 e. The van der Waals surface area contributed by atoms with E-state index >= 15 is 0 Å². The van der Waals surface area contributed by atoms with Crippen molar-refractivity contribution in [1.82, 2.24) is 10.1 Å². The molecule has 0 N–H and O–H groups in total. The highest BCUT2D eigenvalue weighted by atomic mass is 16.5. The van der Waals surface area contributed by atoms with E-state index in [2.05, 4.69) is 48.2 Å². The maximum Gasteiger partial charge on any atom is 0.154 e. The van der Waals surface area contributed by atoms with Crippen LogP contribution in [0.1, 0.15) is 47.0 Å². The largest absolute Gasteiger partial charge is 0.359 e. The SMILES string of the molecule is Cc1cc([C@H]2CCCN2Cc2ccc(C)c(C)c2)on1. The van der Waals surface area contributed by atoms with Crippen LogP contribution in [0, 0.1) is 20.8 Å². The Labute approximate surface area is 120 Å². The van der Waals surface area contributed by atoms with Gasteiger partial charge in [-0.15, -0.1) is 0 Å². The molecule has 106 valence electrons. The predicted molar refractivity (Wildman–Crippen MR) is 79.5 cm³/mol. The molecule has 2 heterocycles. The van der Waals surface area contributed by atoms with Gasteiger partial charge in [0, 0.05) is 12.6 Å². The van der Waals surface area contributed by atoms with Crippen molar-refractivity contribution in [1.29, 1.82) is 0 Å². The lowest BCUT2D eigenvalue weighted by Gasteiger charge is -2.22. The second-order valence-electron chi connectivity index (χ2n) is 5.92. The first-order chi connectivity index (χ1) is 9.63. The van der Waals surface area contributed by atoms with Crippen molar-refractivity contribution in [2.45, 2.75) is 46.2 Å². The summed E-state index contributed by atoms with van der Waals surface area (Å²) in [5.74, 6) is 1.02. The number of aromatic nitrogens is 1. The van der Waals surface area contributed by atoms with Gasteiger partial charge in [0.1, 0.15) is 0 Å². The van der Waals surface area contributed by atoms with Gasteiger partial charge in [-0.3, -0.25) is 4.90 Å². The quantitative estimate of drug-likeness (QED) is 0.846. The van der Waals surface area contributed by atoms with Crippen LogP contribution in [0.4, 0.5) is 0 Å². The minimum Gasteiger partial charge on any atom is -0.359 e. The minimum atomic E-state index is 0.387. The normalized spacial score (nSPS) is 19.6. The Balaban J connectivity index is 1.77. The molecule has 0 amide bonds. The molecule has 0 aliphatic carbocycles. The zero-order chi connectivity index (χ0) is 14.1. The highest BCUT2D eigenvalue weighted by Crippen LogP contribution is 2.33. The monoisotopic (exact) mass is 270 g/mol. The lowest BCUT2D eigenvalue weighted by molar-refractivity contribution is 0.206. The van der Waals surface area contributed by atoms with E-state index in [1.807, 2.05) is 6.92 Å². The molecule has 0 spiro atoms. The van der Waals surface area contributed by atoms with Crippen LogP contribution in [0.3, 0.4) is 0 Å². The number of hydrogen-bond donors (Lipinski definition) is 0. The van der Waals surface area contributed by atoms with Gasteiger partial charge >= 0.3 is 0 Å². The predicted octanol–water partition coefficient (Wildman–Crippen LogP) is 3.94. The summed E-state index contributed by atoms with van der Waals surface area (Å²) in [5.41, 5.74) is 5.08. The second-order valence-corrected chi connectivity index (χ2v) is 5.92. The summed E-state index contributed by atoms with van der Waals surface area (Å²) < 4.78 is 5.47. The molecule has 3 heteroatoms. The molecule has 3 rings (SSSR count). The molecular weight excluding hydrogens is 248 g/mol. The Kier molecular flexibility index (Phi) is 3.62. The van der Waals surface area contributed by atoms with Crippen molar-refractivity contribution in [2.24, 2.45) is 0 Å². The van der Waals surface area contributed by atoms with E-state index < -0.39 is 0 Å². The first-order valence-electron chi connectivity index (χ1n) is 7.37. The lowest BCUT2D eigenvalue weighted by Crippen LogP contribution is -2.22. The van der Waals surface area contributed by atoms with Crippen molar-refractivity contribution in [3.63, 3.8) is 0 Å². The minimum absolute atomic E-state index is 0.387. The van der Waals surface area contributed by atoms with Crippen LogP contribution in [0.25, 0.3) is 0 Å². The molecule has 1 saturated heterocycles. The van der Waals surface area contributed by atoms with E-state index in [0.717, 1.165) is 24.5 Å². The Bertz CT molecular complexity index is 603. The van der Waals surface area contributed by atoms with Crippen molar-refractivity contribution in [3.8, 4) is 0 Å². The van der Waals surface area contributed by atoms with Crippen molar-refractivity contribution in [3.05, 3.63) is 52.4 Å². The van der Waals surface area contributed by atoms with Gasteiger partial charge in [0.2, 0.25) is 0 Å². The van der Waals surface area contributed by atoms with E-state index in [4.69, 9.17) is 4.52 Å². The lowest BCUT2D eigenvalue weighted by atomic mass is 10.1. The summed E-state index contributed by atoms with van der Waals surface area (Å²) in [4.78, 5) is 2.50. The van der Waals surface area contributed by atoms with Crippen LogP contribution in [0.5, 0.6) is 0 Å². The Morgan fingerprint density at radius 2 is 2.05 bits per heavy atom. The van der Waals surface area contributed by atoms with Crippen LogP contribution < -0.4 is 0 Å². The van der Waals surface area contributed by atoms with Crippen LogP contribution in [-0.2, 0) is 6.54 Å². The molecule has 3 nitrogen and oxygen atoms in total. The molecule has 0 radical (unpaired) electrons. The molecule has 1 atom stereocenters. The molecular formula is C17H22N2O. The summed E-state index contributed by atoms with van der Waals surface area (Å²) in [6, 6.07) is 9.22. The molecule has 1 aliphatic rings. The fourth-order valence-electron chi connectivity index (χ4n) is 3.01. The maximum absolute atomic E-state index is 5.47. The van der Waals surface area contributed by atoms with E-state index in [-0.39, 0.29) is 0 Å². The van der Waals surface area contributed by atoms with Gasteiger partial charge < -0.3 is 4.52 Å². The Morgan fingerprint density at radius 1 is 1.20 bits per heavy atom. The summed E-state index contributed by atoms with van der Waals surface area (Å²) >= 11 is 0. The van der Waals surface area contributed by atoms with Gasteiger partial charge in [0.25, 0.3) is 0 Å². The van der Waals surface area contributed by atoms with Gasteiger partial charge in [-0.05, 0) is 56.8 Å². The van der Waals surface area contributed by atoms with Crippen LogP contribution in [0.15, 0.2) is 28.8 Å². The number of hydrogen-bond acceptors (Lipinski definition) is 3.